The number of nitrogens with one attached hydrogen (secondary N) is 1. The van der Waals surface area contributed by atoms with E-state index in [9.17, 15) is 61.0 Å². The van der Waals surface area contributed by atoms with E-state index >= 15 is 0 Å². The molecule has 0 saturated carbocycles. The number of unbranched alkanes of at least 4 members (excludes halogenated alkanes) is 5. The van der Waals surface area contributed by atoms with Crippen LogP contribution in [0, 0.1) is 0 Å². The zero-order valence-corrected chi connectivity index (χ0v) is 29.1. The van der Waals surface area contributed by atoms with Gasteiger partial charge in [0.1, 0.15) is 73.2 Å². The molecule has 3 fully saturated rings. The van der Waals surface area contributed by atoms with Crippen LogP contribution in [0.5, 0.6) is 0 Å². The predicted octanol–water partition coefficient (Wildman–Crippen LogP) is -4.54. The molecule has 3 aliphatic heterocycles. The van der Waals surface area contributed by atoms with Crippen LogP contribution in [0.3, 0.4) is 0 Å². The average Bonchev–Trinajstić information content (AvgIpc) is 3.13. The normalized spacial score (nSPS) is 40.1. The maximum atomic E-state index is 12.2. The Morgan fingerprint density at radius 2 is 1.10 bits per heavy atom. The van der Waals surface area contributed by atoms with Gasteiger partial charge in [-0.15, -0.1) is 0 Å². The molecule has 19 nitrogen and oxygen atoms in total. The lowest BCUT2D eigenvalue weighted by molar-refractivity contribution is -0.379. The molecular weight excluding hydrogens is 686 g/mol. The van der Waals surface area contributed by atoms with Crippen molar-refractivity contribution in [2.24, 2.45) is 0 Å². The highest BCUT2D eigenvalue weighted by molar-refractivity contribution is 5.75. The van der Waals surface area contributed by atoms with Crippen molar-refractivity contribution in [3.8, 4) is 0 Å². The van der Waals surface area contributed by atoms with Crippen LogP contribution in [-0.4, -0.2) is 193 Å². The van der Waals surface area contributed by atoms with Crippen molar-refractivity contribution in [1.29, 1.82) is 0 Å². The van der Waals surface area contributed by atoms with Gasteiger partial charge >= 0.3 is 0 Å². The molecule has 0 spiro atoms. The molecule has 17 atom stereocenters. The summed E-state index contributed by atoms with van der Waals surface area (Å²) in [7, 11) is 0. The molecule has 300 valence electrons. The Morgan fingerprint density at radius 3 is 1.63 bits per heavy atom. The monoisotopic (exact) mass is 745 g/mol. The Labute approximate surface area is 296 Å². The average molecular weight is 746 g/mol. The lowest BCUT2D eigenvalue weighted by Gasteiger charge is -2.48. The zero-order chi connectivity index (χ0) is 37.8. The van der Waals surface area contributed by atoms with Crippen LogP contribution >= 0.6 is 0 Å². The molecule has 3 rings (SSSR count). The van der Waals surface area contributed by atoms with E-state index in [0.717, 1.165) is 38.5 Å². The van der Waals surface area contributed by atoms with Crippen molar-refractivity contribution in [1.82, 2.24) is 5.32 Å². The molecule has 1 amide bonds. The Bertz CT molecular complexity index is 994. The second kappa shape index (κ2) is 21.6. The summed E-state index contributed by atoms with van der Waals surface area (Å²) >= 11 is 0. The molecule has 12 N–H and O–H groups in total. The van der Waals surface area contributed by atoms with E-state index in [-0.39, 0.29) is 18.9 Å². The van der Waals surface area contributed by atoms with Gasteiger partial charge in [-0.05, 0) is 6.42 Å². The van der Waals surface area contributed by atoms with Gasteiger partial charge in [-0.1, -0.05) is 52.4 Å². The summed E-state index contributed by atoms with van der Waals surface area (Å²) in [6.07, 6.45) is -19.9. The van der Waals surface area contributed by atoms with E-state index in [1.54, 1.807) is 6.92 Å². The summed E-state index contributed by atoms with van der Waals surface area (Å²) in [5.41, 5.74) is 0. The summed E-state index contributed by atoms with van der Waals surface area (Å²) in [4.78, 5) is 12.2. The standard InChI is InChI=1S/C32H59NO18/c1-3-5-6-7-8-9-10-16(37)15(33-20(38)4-2)14-46-30-26(44)23(41)28(18(12-35)48-30)51-32-27(45)24(42)29(19(13-36)49-32)50-31-25(43)22(40)21(39)17(11-34)47-31/h15-19,21-32,34-37,39-45H,3-14H2,1-2H3,(H,33,38). The van der Waals surface area contributed by atoms with Crippen LogP contribution in [0.25, 0.3) is 0 Å². The summed E-state index contributed by atoms with van der Waals surface area (Å²) < 4.78 is 33.5. The number of carbonyl (C=O) groups is 1. The van der Waals surface area contributed by atoms with Crippen LogP contribution in [0.15, 0.2) is 0 Å². The fourth-order valence-electron chi connectivity index (χ4n) is 6.27. The lowest BCUT2D eigenvalue weighted by atomic mass is 9.96. The van der Waals surface area contributed by atoms with Gasteiger partial charge in [0, 0.05) is 6.42 Å². The van der Waals surface area contributed by atoms with Gasteiger partial charge in [-0.25, -0.2) is 0 Å². The van der Waals surface area contributed by atoms with E-state index in [4.69, 9.17) is 28.4 Å². The number of ether oxygens (including phenoxy) is 6. The third kappa shape index (κ3) is 11.6. The zero-order valence-electron chi connectivity index (χ0n) is 29.1. The Hall–Kier alpha value is -1.21. The van der Waals surface area contributed by atoms with Crippen LogP contribution in [-0.2, 0) is 33.2 Å². The molecule has 51 heavy (non-hydrogen) atoms. The van der Waals surface area contributed by atoms with Crippen molar-refractivity contribution in [2.45, 2.75) is 169 Å². The van der Waals surface area contributed by atoms with Gasteiger partial charge < -0.3 is 89.9 Å². The van der Waals surface area contributed by atoms with Crippen LogP contribution in [0.2, 0.25) is 0 Å². The minimum absolute atomic E-state index is 0.147. The maximum absolute atomic E-state index is 12.2. The molecule has 17 unspecified atom stereocenters. The number of carbonyl (C=O) groups excluding carboxylic acids is 1. The predicted molar refractivity (Wildman–Crippen MR) is 171 cm³/mol. The van der Waals surface area contributed by atoms with Gasteiger partial charge in [-0.3, -0.25) is 4.79 Å². The molecule has 19 heteroatoms. The first-order valence-corrected chi connectivity index (χ1v) is 17.8. The molecule has 0 aromatic rings. The van der Waals surface area contributed by atoms with E-state index in [1.807, 2.05) is 0 Å². The van der Waals surface area contributed by atoms with Crippen LogP contribution in [0.4, 0.5) is 0 Å². The first-order chi connectivity index (χ1) is 24.3. The number of amides is 1. The number of aliphatic hydroxyl groups is 11. The molecule has 0 aromatic carbocycles. The van der Waals surface area contributed by atoms with Crippen molar-refractivity contribution in [2.75, 3.05) is 26.4 Å². The number of aliphatic hydroxyl groups excluding tert-OH is 11. The Kier molecular flexibility index (Phi) is 18.7. The Balaban J connectivity index is 1.62. The summed E-state index contributed by atoms with van der Waals surface area (Å²) in [5, 5.41) is 117. The molecule has 3 aliphatic rings. The topological polar surface area (TPSA) is 307 Å². The minimum Gasteiger partial charge on any atom is -0.394 e. The lowest BCUT2D eigenvalue weighted by Crippen LogP contribution is -2.66. The molecular formula is C32H59NO18. The van der Waals surface area contributed by atoms with Crippen molar-refractivity contribution in [3.63, 3.8) is 0 Å². The highest BCUT2D eigenvalue weighted by Gasteiger charge is 2.53. The van der Waals surface area contributed by atoms with E-state index < -0.39 is 124 Å². The molecule has 3 saturated heterocycles. The number of hydrogen-bond acceptors (Lipinski definition) is 18. The van der Waals surface area contributed by atoms with Gasteiger partial charge in [0.2, 0.25) is 5.91 Å². The van der Waals surface area contributed by atoms with Gasteiger partial charge in [0.25, 0.3) is 0 Å². The first-order valence-electron chi connectivity index (χ1n) is 17.8. The molecule has 3 heterocycles. The maximum Gasteiger partial charge on any atom is 0.220 e. The highest BCUT2D eigenvalue weighted by Crippen LogP contribution is 2.32. The molecule has 0 bridgehead atoms. The van der Waals surface area contributed by atoms with Gasteiger partial charge in [0.05, 0.1) is 38.6 Å². The molecule has 0 aromatic heterocycles. The Morgan fingerprint density at radius 1 is 0.627 bits per heavy atom. The summed E-state index contributed by atoms with van der Waals surface area (Å²) in [5.74, 6) is -0.340. The van der Waals surface area contributed by atoms with Crippen LogP contribution < -0.4 is 5.32 Å². The molecule has 0 aliphatic carbocycles. The van der Waals surface area contributed by atoms with Gasteiger partial charge in [-0.2, -0.15) is 0 Å². The van der Waals surface area contributed by atoms with Crippen molar-refractivity contribution in [3.05, 3.63) is 0 Å². The minimum atomic E-state index is -1.96. The molecule has 0 radical (unpaired) electrons. The number of rotatable bonds is 20. The largest absolute Gasteiger partial charge is 0.394 e. The van der Waals surface area contributed by atoms with Crippen molar-refractivity contribution < 1.29 is 89.4 Å². The van der Waals surface area contributed by atoms with Gasteiger partial charge in [0.15, 0.2) is 18.9 Å². The third-order valence-corrected chi connectivity index (χ3v) is 9.50. The van der Waals surface area contributed by atoms with E-state index in [0.29, 0.717) is 6.42 Å². The summed E-state index contributed by atoms with van der Waals surface area (Å²) in [6, 6.07) is -0.872. The SMILES string of the molecule is CCCCCCCCC(O)C(COC1OC(CO)C(OC2OC(CO)C(OC3OC(CO)C(O)C(O)C3O)C(O)C2O)C(O)C1O)NC(=O)CC. The fourth-order valence-corrected chi connectivity index (χ4v) is 6.27. The van der Waals surface area contributed by atoms with Crippen molar-refractivity contribution >= 4 is 5.91 Å². The third-order valence-electron chi connectivity index (χ3n) is 9.50. The number of hydrogen-bond donors (Lipinski definition) is 12. The quantitative estimate of drug-likeness (QED) is 0.0522. The summed E-state index contributed by atoms with van der Waals surface area (Å²) in [6.45, 7) is 1.05. The second-order valence-electron chi connectivity index (χ2n) is 13.3. The second-order valence-corrected chi connectivity index (χ2v) is 13.3. The first kappa shape index (κ1) is 44.2. The van der Waals surface area contributed by atoms with E-state index in [2.05, 4.69) is 12.2 Å². The fraction of sp³-hybridized carbons (Fsp3) is 0.969. The van der Waals surface area contributed by atoms with E-state index in [1.165, 1.54) is 0 Å². The highest BCUT2D eigenvalue weighted by atomic mass is 16.8. The smallest absolute Gasteiger partial charge is 0.220 e. The van der Waals surface area contributed by atoms with Crippen LogP contribution in [0.1, 0.15) is 65.2 Å².